The van der Waals surface area contributed by atoms with Gasteiger partial charge < -0.3 is 15.2 Å². The molecule has 0 fully saturated rings. The van der Waals surface area contributed by atoms with Gasteiger partial charge in [-0.3, -0.25) is 4.98 Å². The van der Waals surface area contributed by atoms with E-state index in [1.54, 1.807) is 7.11 Å². The van der Waals surface area contributed by atoms with Gasteiger partial charge in [0.05, 0.1) is 13.7 Å². The molecule has 110 valence electrons. The van der Waals surface area contributed by atoms with Gasteiger partial charge in [-0.1, -0.05) is 18.2 Å². The monoisotopic (exact) mass is 284 g/mol. The van der Waals surface area contributed by atoms with Crippen LogP contribution < -0.4 is 15.2 Å². The van der Waals surface area contributed by atoms with Gasteiger partial charge in [0, 0.05) is 24.4 Å². The predicted molar refractivity (Wildman–Crippen MR) is 81.5 cm³/mol. The second-order valence-corrected chi connectivity index (χ2v) is 5.40. The Morgan fingerprint density at radius 1 is 1.33 bits per heavy atom. The molecule has 3 rings (SSSR count). The molecular weight excluding hydrogens is 264 g/mol. The van der Waals surface area contributed by atoms with Crippen molar-refractivity contribution in [2.24, 2.45) is 11.7 Å². The minimum absolute atomic E-state index is 0.445. The normalized spacial score (nSPS) is 17.0. The van der Waals surface area contributed by atoms with E-state index < -0.39 is 0 Å². The molecule has 0 aliphatic carbocycles. The van der Waals surface area contributed by atoms with Crippen molar-refractivity contribution in [1.82, 2.24) is 4.98 Å². The van der Waals surface area contributed by atoms with E-state index in [2.05, 4.69) is 17.1 Å². The van der Waals surface area contributed by atoms with Gasteiger partial charge in [-0.2, -0.15) is 0 Å². The molecule has 2 heterocycles. The lowest BCUT2D eigenvalue weighted by molar-refractivity contribution is 0.210. The number of fused-ring (bicyclic) bond motifs is 1. The molecule has 1 aliphatic heterocycles. The van der Waals surface area contributed by atoms with Crippen molar-refractivity contribution in [3.8, 4) is 11.5 Å². The first-order valence-electron chi connectivity index (χ1n) is 7.22. The summed E-state index contributed by atoms with van der Waals surface area (Å²) in [5.74, 6) is 2.15. The number of methoxy groups -OCH3 is 1. The van der Waals surface area contributed by atoms with Crippen LogP contribution >= 0.6 is 0 Å². The van der Waals surface area contributed by atoms with E-state index in [-0.39, 0.29) is 0 Å². The molecule has 0 unspecified atom stereocenters. The summed E-state index contributed by atoms with van der Waals surface area (Å²) < 4.78 is 11.2. The highest BCUT2D eigenvalue weighted by molar-refractivity contribution is 5.47. The first-order chi connectivity index (χ1) is 10.3. The molecule has 0 saturated heterocycles. The highest BCUT2D eigenvalue weighted by Gasteiger charge is 2.23. The van der Waals surface area contributed by atoms with E-state index >= 15 is 0 Å². The van der Waals surface area contributed by atoms with Crippen LogP contribution in [0.25, 0.3) is 0 Å². The zero-order valence-corrected chi connectivity index (χ0v) is 12.2. The molecular formula is C17H20N2O2. The minimum atomic E-state index is 0.445. The van der Waals surface area contributed by atoms with Gasteiger partial charge in [0.2, 0.25) is 0 Å². The number of para-hydroxylation sites is 1. The third-order valence-electron chi connectivity index (χ3n) is 3.87. The molecule has 1 aromatic carbocycles. The molecule has 0 radical (unpaired) electrons. The van der Waals surface area contributed by atoms with Crippen molar-refractivity contribution in [2.75, 3.05) is 13.7 Å². The summed E-state index contributed by atoms with van der Waals surface area (Å²) in [7, 11) is 1.67. The molecule has 0 amide bonds. The maximum absolute atomic E-state index is 5.90. The number of nitrogens with two attached hydrogens (primary N) is 1. The van der Waals surface area contributed by atoms with Gasteiger partial charge in [-0.15, -0.1) is 0 Å². The van der Waals surface area contributed by atoms with E-state index in [1.807, 2.05) is 24.4 Å². The molecule has 2 aromatic rings. The Bertz CT molecular complexity index is 611. The predicted octanol–water partition coefficient (Wildman–Crippen LogP) is 2.34. The first-order valence-corrected chi connectivity index (χ1v) is 7.22. The summed E-state index contributed by atoms with van der Waals surface area (Å²) in [6, 6.07) is 10.2. The van der Waals surface area contributed by atoms with Crippen LogP contribution in [0.3, 0.4) is 0 Å². The molecule has 4 nitrogen and oxygen atoms in total. The third kappa shape index (κ3) is 3.00. The van der Waals surface area contributed by atoms with Crippen molar-refractivity contribution >= 4 is 0 Å². The van der Waals surface area contributed by atoms with Crippen molar-refractivity contribution in [3.63, 3.8) is 0 Å². The number of aromatic nitrogens is 1. The minimum Gasteiger partial charge on any atom is -0.493 e. The SMILES string of the molecule is COc1cccc2c1OC[C@@H](Cc1ccc(CN)cn1)C2. The summed E-state index contributed by atoms with van der Waals surface area (Å²) in [5.41, 5.74) is 8.96. The quantitative estimate of drug-likeness (QED) is 0.936. The Labute approximate surface area is 124 Å². The Morgan fingerprint density at radius 3 is 2.95 bits per heavy atom. The Morgan fingerprint density at radius 2 is 2.24 bits per heavy atom. The lowest BCUT2D eigenvalue weighted by Crippen LogP contribution is -2.23. The standard InChI is InChI=1S/C17H20N2O2/c1-20-16-4-2-3-14-7-13(11-21-17(14)16)8-15-6-5-12(9-18)10-19-15/h2-6,10,13H,7-9,11,18H2,1H3/t13-/m1/s1. The van der Waals surface area contributed by atoms with E-state index in [0.29, 0.717) is 19.1 Å². The zero-order chi connectivity index (χ0) is 14.7. The average Bonchev–Trinajstić information content (AvgIpc) is 2.54. The highest BCUT2D eigenvalue weighted by atomic mass is 16.5. The molecule has 4 heteroatoms. The van der Waals surface area contributed by atoms with Gasteiger partial charge in [-0.05, 0) is 36.1 Å². The van der Waals surface area contributed by atoms with Crippen LogP contribution in [0.1, 0.15) is 16.8 Å². The molecule has 0 bridgehead atoms. The smallest absolute Gasteiger partial charge is 0.164 e. The fourth-order valence-corrected chi connectivity index (χ4v) is 2.74. The van der Waals surface area contributed by atoms with E-state index in [1.165, 1.54) is 5.56 Å². The lowest BCUT2D eigenvalue weighted by Gasteiger charge is -2.26. The molecule has 1 atom stereocenters. The summed E-state index contributed by atoms with van der Waals surface area (Å²) in [5, 5.41) is 0. The van der Waals surface area contributed by atoms with Crippen LogP contribution in [0, 0.1) is 5.92 Å². The Hall–Kier alpha value is -2.07. The van der Waals surface area contributed by atoms with Gasteiger partial charge >= 0.3 is 0 Å². The van der Waals surface area contributed by atoms with Crippen LogP contribution in [-0.2, 0) is 19.4 Å². The molecule has 0 saturated carbocycles. The van der Waals surface area contributed by atoms with Crippen LogP contribution in [0.15, 0.2) is 36.5 Å². The van der Waals surface area contributed by atoms with Crippen molar-refractivity contribution in [2.45, 2.75) is 19.4 Å². The van der Waals surface area contributed by atoms with Gasteiger partial charge in [0.1, 0.15) is 0 Å². The van der Waals surface area contributed by atoms with Gasteiger partial charge in [0.25, 0.3) is 0 Å². The Balaban J connectivity index is 1.71. The fraction of sp³-hybridized carbons (Fsp3) is 0.353. The molecule has 2 N–H and O–H groups in total. The van der Waals surface area contributed by atoms with Crippen molar-refractivity contribution in [3.05, 3.63) is 53.3 Å². The topological polar surface area (TPSA) is 57.4 Å². The number of hydrogen-bond donors (Lipinski definition) is 1. The number of ether oxygens (including phenoxy) is 2. The number of benzene rings is 1. The van der Waals surface area contributed by atoms with Crippen molar-refractivity contribution < 1.29 is 9.47 Å². The zero-order valence-electron chi connectivity index (χ0n) is 12.2. The third-order valence-corrected chi connectivity index (χ3v) is 3.87. The maximum Gasteiger partial charge on any atom is 0.164 e. The average molecular weight is 284 g/mol. The highest BCUT2D eigenvalue weighted by Crippen LogP contribution is 2.36. The van der Waals surface area contributed by atoms with Crippen LogP contribution in [0.2, 0.25) is 0 Å². The van der Waals surface area contributed by atoms with Crippen LogP contribution in [-0.4, -0.2) is 18.7 Å². The van der Waals surface area contributed by atoms with E-state index in [0.717, 1.165) is 35.6 Å². The van der Waals surface area contributed by atoms with Crippen LogP contribution in [0.5, 0.6) is 11.5 Å². The second kappa shape index (κ2) is 6.14. The van der Waals surface area contributed by atoms with Gasteiger partial charge in [-0.25, -0.2) is 0 Å². The number of rotatable bonds is 4. The molecule has 0 spiro atoms. The largest absolute Gasteiger partial charge is 0.493 e. The maximum atomic E-state index is 5.90. The number of nitrogens with zero attached hydrogens (tertiary/aromatic N) is 1. The van der Waals surface area contributed by atoms with Gasteiger partial charge in [0.15, 0.2) is 11.5 Å². The molecule has 1 aliphatic rings. The summed E-state index contributed by atoms with van der Waals surface area (Å²) in [4.78, 5) is 4.47. The number of hydrogen-bond acceptors (Lipinski definition) is 4. The summed E-state index contributed by atoms with van der Waals surface area (Å²) in [6.45, 7) is 1.24. The van der Waals surface area contributed by atoms with E-state index in [9.17, 15) is 0 Å². The summed E-state index contributed by atoms with van der Waals surface area (Å²) in [6.07, 6.45) is 3.77. The lowest BCUT2D eigenvalue weighted by atomic mass is 9.92. The molecule has 21 heavy (non-hydrogen) atoms. The first kappa shape index (κ1) is 13.9. The Kier molecular flexibility index (Phi) is 4.06. The fourth-order valence-electron chi connectivity index (χ4n) is 2.74. The molecule has 1 aromatic heterocycles. The number of pyridine rings is 1. The van der Waals surface area contributed by atoms with Crippen LogP contribution in [0.4, 0.5) is 0 Å². The van der Waals surface area contributed by atoms with Crippen molar-refractivity contribution in [1.29, 1.82) is 0 Å². The summed E-state index contributed by atoms with van der Waals surface area (Å²) >= 11 is 0. The van der Waals surface area contributed by atoms with E-state index in [4.69, 9.17) is 15.2 Å². The second-order valence-electron chi connectivity index (χ2n) is 5.40.